The lowest BCUT2D eigenvalue weighted by atomic mass is 9.90. The molecule has 31 heavy (non-hydrogen) atoms. The Morgan fingerprint density at radius 2 is 2.06 bits per heavy atom. The lowest BCUT2D eigenvalue weighted by molar-refractivity contribution is 0.0955. The van der Waals surface area contributed by atoms with Gasteiger partial charge in [-0.25, -0.2) is 4.98 Å². The molecule has 8 heteroatoms. The van der Waals surface area contributed by atoms with Gasteiger partial charge < -0.3 is 16.0 Å². The molecule has 0 saturated carbocycles. The van der Waals surface area contributed by atoms with Gasteiger partial charge in [0, 0.05) is 25.1 Å². The summed E-state index contributed by atoms with van der Waals surface area (Å²) in [5.74, 6) is -0.129. The van der Waals surface area contributed by atoms with Crippen LogP contribution in [0.2, 0.25) is 0 Å². The summed E-state index contributed by atoms with van der Waals surface area (Å²) in [6.45, 7) is 3.57. The van der Waals surface area contributed by atoms with E-state index in [1.54, 1.807) is 6.20 Å². The van der Waals surface area contributed by atoms with Crippen LogP contribution in [0.1, 0.15) is 45.8 Å². The number of carbonyl (C=O) groups is 2. The molecule has 1 amide bonds. The maximum absolute atomic E-state index is 12.6. The van der Waals surface area contributed by atoms with E-state index in [4.69, 9.17) is 5.73 Å². The topological polar surface area (TPSA) is 101 Å². The number of pyridine rings is 1. The third-order valence-corrected chi connectivity index (χ3v) is 6.24. The minimum absolute atomic E-state index is 0.178. The van der Waals surface area contributed by atoms with E-state index in [-0.39, 0.29) is 17.4 Å². The summed E-state index contributed by atoms with van der Waals surface area (Å²) >= 11 is 1.32. The predicted molar refractivity (Wildman–Crippen MR) is 123 cm³/mol. The molecule has 7 nitrogen and oxygen atoms in total. The van der Waals surface area contributed by atoms with Gasteiger partial charge >= 0.3 is 0 Å². The standard InChI is InChI=1S/C23H25N5O2S/c1-15-10-21(31-27-15)26-19-12-18(13-25-22(19)23(24)30)28-9-5-6-16(14-28)11-20(29)17-7-3-2-4-8-17/h2-4,7-8,10,12-13,16,26H,5-6,9,11,14H2,1H3,(H2,24,30)/t16-/m0/s1. The van der Waals surface area contributed by atoms with Crippen molar-refractivity contribution >= 4 is 39.6 Å². The van der Waals surface area contributed by atoms with Crippen molar-refractivity contribution in [3.8, 4) is 0 Å². The molecule has 0 spiro atoms. The normalized spacial score (nSPS) is 16.2. The molecule has 3 aromatic rings. The average Bonchev–Trinajstić information content (AvgIpc) is 3.19. The number of nitrogens with one attached hydrogen (secondary N) is 1. The van der Waals surface area contributed by atoms with Crippen LogP contribution in [0.15, 0.2) is 48.7 Å². The number of carbonyl (C=O) groups excluding carboxylic acids is 2. The Kier molecular flexibility index (Phi) is 6.27. The van der Waals surface area contributed by atoms with Gasteiger partial charge in [-0.2, -0.15) is 4.37 Å². The van der Waals surface area contributed by atoms with Gasteiger partial charge in [0.05, 0.1) is 23.3 Å². The number of benzene rings is 1. The molecule has 3 heterocycles. The number of hydrogen-bond acceptors (Lipinski definition) is 7. The van der Waals surface area contributed by atoms with Gasteiger partial charge in [-0.05, 0) is 49.3 Å². The summed E-state index contributed by atoms with van der Waals surface area (Å²) in [5, 5.41) is 4.05. The molecule has 0 bridgehead atoms. The fourth-order valence-electron chi connectivity index (χ4n) is 3.94. The Hall–Kier alpha value is -3.26. The van der Waals surface area contributed by atoms with Gasteiger partial charge in [0.1, 0.15) is 5.00 Å². The van der Waals surface area contributed by atoms with Crippen LogP contribution in [0.3, 0.4) is 0 Å². The zero-order chi connectivity index (χ0) is 21.8. The van der Waals surface area contributed by atoms with Crippen LogP contribution in [0, 0.1) is 12.8 Å². The van der Waals surface area contributed by atoms with Crippen molar-refractivity contribution < 1.29 is 9.59 Å². The lowest BCUT2D eigenvalue weighted by Crippen LogP contribution is -2.36. The number of primary amides is 1. The molecule has 0 unspecified atom stereocenters. The summed E-state index contributed by atoms with van der Waals surface area (Å²) in [4.78, 5) is 31.1. The monoisotopic (exact) mass is 435 g/mol. The predicted octanol–water partition coefficient (Wildman–Crippen LogP) is 4.18. The number of Topliss-reactive ketones (excluding diaryl/α,β-unsaturated/α-hetero) is 1. The van der Waals surface area contributed by atoms with Crippen molar-refractivity contribution in [3.05, 3.63) is 65.6 Å². The van der Waals surface area contributed by atoms with Gasteiger partial charge in [0.15, 0.2) is 11.5 Å². The number of ketones is 1. The van der Waals surface area contributed by atoms with Crippen LogP contribution >= 0.6 is 11.5 Å². The van der Waals surface area contributed by atoms with Gasteiger partial charge in [-0.1, -0.05) is 30.3 Å². The third kappa shape index (κ3) is 5.08. The molecular weight excluding hydrogens is 410 g/mol. The van der Waals surface area contributed by atoms with Crippen molar-refractivity contribution in [2.24, 2.45) is 11.7 Å². The first-order chi connectivity index (χ1) is 15.0. The zero-order valence-corrected chi connectivity index (χ0v) is 18.2. The summed E-state index contributed by atoms with van der Waals surface area (Å²) < 4.78 is 4.26. The molecular formula is C23H25N5O2S. The second-order valence-corrected chi connectivity index (χ2v) is 8.66. The number of anilines is 3. The van der Waals surface area contributed by atoms with E-state index in [9.17, 15) is 9.59 Å². The Morgan fingerprint density at radius 1 is 1.26 bits per heavy atom. The second-order valence-electron chi connectivity index (χ2n) is 7.86. The molecule has 1 aromatic carbocycles. The van der Waals surface area contributed by atoms with E-state index in [0.717, 1.165) is 47.9 Å². The Labute approximate surface area is 185 Å². The van der Waals surface area contributed by atoms with Crippen LogP contribution in [0.4, 0.5) is 16.4 Å². The molecule has 1 saturated heterocycles. The molecule has 1 aliphatic heterocycles. The van der Waals surface area contributed by atoms with Gasteiger partial charge in [0.25, 0.3) is 5.91 Å². The largest absolute Gasteiger partial charge is 0.370 e. The molecule has 160 valence electrons. The van der Waals surface area contributed by atoms with E-state index in [1.165, 1.54) is 11.5 Å². The average molecular weight is 436 g/mol. The van der Waals surface area contributed by atoms with E-state index >= 15 is 0 Å². The summed E-state index contributed by atoms with van der Waals surface area (Å²) in [6.07, 6.45) is 4.23. The van der Waals surface area contributed by atoms with Gasteiger partial charge in [-0.15, -0.1) is 0 Å². The van der Waals surface area contributed by atoms with Crippen LogP contribution in [0.25, 0.3) is 0 Å². The number of aromatic nitrogens is 2. The minimum Gasteiger partial charge on any atom is -0.370 e. The fraction of sp³-hybridized carbons (Fsp3) is 0.304. The SMILES string of the molecule is Cc1cc(Nc2cc(N3CCC[C@@H](CC(=O)c4ccccc4)C3)cnc2C(N)=O)sn1. The molecule has 1 fully saturated rings. The first-order valence-electron chi connectivity index (χ1n) is 10.3. The minimum atomic E-state index is -0.583. The van der Waals surface area contributed by atoms with Crippen molar-refractivity contribution in [2.45, 2.75) is 26.2 Å². The molecule has 0 aliphatic carbocycles. The Balaban J connectivity index is 1.50. The molecule has 3 N–H and O–H groups in total. The highest BCUT2D eigenvalue weighted by atomic mass is 32.1. The Morgan fingerprint density at radius 3 is 2.77 bits per heavy atom. The highest BCUT2D eigenvalue weighted by Crippen LogP contribution is 2.30. The maximum atomic E-state index is 12.6. The Bertz CT molecular complexity index is 1080. The maximum Gasteiger partial charge on any atom is 0.269 e. The third-order valence-electron chi connectivity index (χ3n) is 5.45. The summed E-state index contributed by atoms with van der Waals surface area (Å²) in [7, 11) is 0. The molecule has 2 aromatic heterocycles. The smallest absolute Gasteiger partial charge is 0.269 e. The number of hydrogen-bond donors (Lipinski definition) is 2. The van der Waals surface area contributed by atoms with E-state index in [1.807, 2.05) is 49.4 Å². The number of rotatable bonds is 7. The molecule has 1 atom stereocenters. The summed E-state index contributed by atoms with van der Waals surface area (Å²) in [6, 6.07) is 13.3. The van der Waals surface area contributed by atoms with Crippen molar-refractivity contribution in [1.29, 1.82) is 0 Å². The lowest BCUT2D eigenvalue weighted by Gasteiger charge is -2.34. The first kappa shape index (κ1) is 21.0. The van der Waals surface area contributed by atoms with Crippen molar-refractivity contribution in [3.63, 3.8) is 0 Å². The quantitative estimate of drug-likeness (QED) is 0.540. The van der Waals surface area contributed by atoms with Gasteiger partial charge in [0.2, 0.25) is 0 Å². The first-order valence-corrected chi connectivity index (χ1v) is 11.1. The van der Waals surface area contributed by atoms with E-state index in [0.29, 0.717) is 12.1 Å². The fourth-order valence-corrected chi connectivity index (χ4v) is 4.62. The highest BCUT2D eigenvalue weighted by molar-refractivity contribution is 7.10. The molecule has 4 rings (SSSR count). The van der Waals surface area contributed by atoms with Crippen LogP contribution in [-0.2, 0) is 0 Å². The zero-order valence-electron chi connectivity index (χ0n) is 17.4. The molecule has 0 radical (unpaired) electrons. The second kappa shape index (κ2) is 9.26. The van der Waals surface area contributed by atoms with E-state index < -0.39 is 5.91 Å². The number of aryl methyl sites for hydroxylation is 1. The van der Waals surface area contributed by atoms with Gasteiger partial charge in [-0.3, -0.25) is 9.59 Å². The number of amides is 1. The van der Waals surface area contributed by atoms with Crippen LogP contribution < -0.4 is 16.0 Å². The molecule has 1 aliphatic rings. The highest BCUT2D eigenvalue weighted by Gasteiger charge is 2.24. The van der Waals surface area contributed by atoms with Crippen LogP contribution in [-0.4, -0.2) is 34.1 Å². The van der Waals surface area contributed by atoms with E-state index in [2.05, 4.69) is 19.6 Å². The number of piperidine rings is 1. The summed E-state index contributed by atoms with van der Waals surface area (Å²) in [5.41, 5.74) is 8.86. The van der Waals surface area contributed by atoms with Crippen LogP contribution in [0.5, 0.6) is 0 Å². The number of nitrogens with two attached hydrogens (primary N) is 1. The number of nitrogens with zero attached hydrogens (tertiary/aromatic N) is 3. The van der Waals surface area contributed by atoms with Crippen molar-refractivity contribution in [2.75, 3.05) is 23.3 Å². The van der Waals surface area contributed by atoms with Crippen molar-refractivity contribution in [1.82, 2.24) is 9.36 Å².